The monoisotopic (exact) mass is 240 g/mol. The first-order chi connectivity index (χ1) is 7.31. The van der Waals surface area contributed by atoms with Gasteiger partial charge in [0.1, 0.15) is 0 Å². The molecule has 0 bridgehead atoms. The minimum absolute atomic E-state index is 0.0611. The van der Waals surface area contributed by atoms with Gasteiger partial charge in [0.2, 0.25) is 0 Å². The highest BCUT2D eigenvalue weighted by molar-refractivity contribution is 4.76. The molecule has 98 valence electrons. The van der Waals surface area contributed by atoms with Crippen molar-refractivity contribution in [1.82, 2.24) is 10.2 Å². The van der Waals surface area contributed by atoms with Crippen molar-refractivity contribution in [3.05, 3.63) is 0 Å². The summed E-state index contributed by atoms with van der Waals surface area (Å²) in [6, 6.07) is -0.0611. The largest absolute Gasteiger partial charge is 0.401 e. The van der Waals surface area contributed by atoms with E-state index in [0.717, 1.165) is 13.0 Å². The lowest BCUT2D eigenvalue weighted by atomic mass is 10.0. The fourth-order valence-electron chi connectivity index (χ4n) is 1.80. The lowest BCUT2D eigenvalue weighted by molar-refractivity contribution is -0.152. The molecule has 0 aliphatic rings. The molecule has 0 fully saturated rings. The summed E-state index contributed by atoms with van der Waals surface area (Å²) in [5.41, 5.74) is 0. The number of nitrogens with zero attached hydrogens (tertiary/aromatic N) is 1. The first kappa shape index (κ1) is 15.7. The minimum atomic E-state index is -4.11. The van der Waals surface area contributed by atoms with Crippen LogP contribution >= 0.6 is 0 Å². The van der Waals surface area contributed by atoms with Crippen LogP contribution in [0.3, 0.4) is 0 Å². The zero-order chi connectivity index (χ0) is 12.8. The van der Waals surface area contributed by atoms with E-state index < -0.39 is 12.7 Å². The second-order valence-corrected chi connectivity index (χ2v) is 4.36. The Balaban J connectivity index is 4.39. The Morgan fingerprint density at radius 1 is 1.25 bits per heavy atom. The van der Waals surface area contributed by atoms with Gasteiger partial charge in [-0.3, -0.25) is 4.90 Å². The molecule has 0 saturated heterocycles. The third kappa shape index (κ3) is 6.33. The maximum atomic E-state index is 12.4. The van der Waals surface area contributed by atoms with E-state index in [1.807, 2.05) is 27.8 Å². The van der Waals surface area contributed by atoms with E-state index in [1.165, 1.54) is 4.90 Å². The van der Waals surface area contributed by atoms with Crippen molar-refractivity contribution in [1.29, 1.82) is 0 Å². The Kier molecular flexibility index (Phi) is 6.99. The fraction of sp³-hybridized carbons (Fsp3) is 1.00. The number of hydrogen-bond donors (Lipinski definition) is 1. The molecule has 0 heterocycles. The molecule has 2 nitrogen and oxygen atoms in total. The smallest absolute Gasteiger partial charge is 0.319 e. The van der Waals surface area contributed by atoms with E-state index in [0.29, 0.717) is 6.54 Å². The van der Waals surface area contributed by atoms with Crippen LogP contribution in [0.2, 0.25) is 0 Å². The number of alkyl halides is 3. The predicted octanol–water partition coefficient (Wildman–Crippen LogP) is 2.50. The van der Waals surface area contributed by atoms with Gasteiger partial charge in [0.15, 0.2) is 0 Å². The summed E-state index contributed by atoms with van der Waals surface area (Å²) in [5, 5.41) is 3.00. The summed E-state index contributed by atoms with van der Waals surface area (Å²) in [4.78, 5) is 1.52. The second-order valence-electron chi connectivity index (χ2n) is 4.36. The maximum Gasteiger partial charge on any atom is 0.401 e. The molecule has 1 N–H and O–H groups in total. The first-order valence-electron chi connectivity index (χ1n) is 5.77. The van der Waals surface area contributed by atoms with Crippen LogP contribution in [0.1, 0.15) is 27.2 Å². The van der Waals surface area contributed by atoms with Crippen molar-refractivity contribution in [2.75, 3.05) is 26.7 Å². The second kappa shape index (κ2) is 7.12. The van der Waals surface area contributed by atoms with Gasteiger partial charge < -0.3 is 5.32 Å². The van der Waals surface area contributed by atoms with Gasteiger partial charge >= 0.3 is 6.18 Å². The average Bonchev–Trinajstić information content (AvgIpc) is 2.14. The summed E-state index contributed by atoms with van der Waals surface area (Å²) in [6.07, 6.45) is -3.37. The first-order valence-corrected chi connectivity index (χ1v) is 5.77. The molecular weight excluding hydrogens is 217 g/mol. The average molecular weight is 240 g/mol. The van der Waals surface area contributed by atoms with E-state index in [4.69, 9.17) is 0 Å². The third-order valence-corrected chi connectivity index (χ3v) is 2.82. The topological polar surface area (TPSA) is 15.3 Å². The molecule has 0 rings (SSSR count). The molecule has 16 heavy (non-hydrogen) atoms. The molecule has 0 radical (unpaired) electrons. The zero-order valence-corrected chi connectivity index (χ0v) is 10.6. The van der Waals surface area contributed by atoms with Crippen LogP contribution in [0, 0.1) is 5.92 Å². The minimum Gasteiger partial charge on any atom is -0.319 e. The van der Waals surface area contributed by atoms with Crippen molar-refractivity contribution in [2.24, 2.45) is 5.92 Å². The number of hydrogen-bond acceptors (Lipinski definition) is 2. The van der Waals surface area contributed by atoms with E-state index >= 15 is 0 Å². The Hall–Kier alpha value is -0.290. The van der Waals surface area contributed by atoms with Crippen molar-refractivity contribution in [3.8, 4) is 0 Å². The summed E-state index contributed by atoms with van der Waals surface area (Å²) in [7, 11) is 1.82. The Labute approximate surface area is 96.2 Å². The number of nitrogens with one attached hydrogen (secondary N) is 1. The fourth-order valence-corrected chi connectivity index (χ4v) is 1.80. The molecule has 0 amide bonds. The van der Waals surface area contributed by atoms with Crippen molar-refractivity contribution in [3.63, 3.8) is 0 Å². The summed E-state index contributed by atoms with van der Waals surface area (Å²) < 4.78 is 37.1. The van der Waals surface area contributed by atoms with Crippen LogP contribution in [-0.2, 0) is 0 Å². The highest BCUT2D eigenvalue weighted by Gasteiger charge is 2.33. The molecule has 0 aromatic rings. The van der Waals surface area contributed by atoms with Gasteiger partial charge in [-0.1, -0.05) is 13.8 Å². The summed E-state index contributed by atoms with van der Waals surface area (Å²) >= 11 is 0. The van der Waals surface area contributed by atoms with E-state index in [-0.39, 0.29) is 12.0 Å². The summed E-state index contributed by atoms with van der Waals surface area (Å²) in [6.45, 7) is 6.16. The molecule has 0 aliphatic carbocycles. The van der Waals surface area contributed by atoms with E-state index in [9.17, 15) is 13.2 Å². The highest BCUT2D eigenvalue weighted by Crippen LogP contribution is 2.20. The van der Waals surface area contributed by atoms with Crippen LogP contribution in [0.5, 0.6) is 0 Å². The number of halogens is 3. The third-order valence-electron chi connectivity index (χ3n) is 2.82. The molecular formula is C11H23F3N2. The molecule has 0 aromatic heterocycles. The lowest BCUT2D eigenvalue weighted by Gasteiger charge is -2.33. The molecule has 0 spiro atoms. The van der Waals surface area contributed by atoms with Crippen molar-refractivity contribution >= 4 is 0 Å². The molecule has 0 aliphatic heterocycles. The Bertz CT molecular complexity index is 183. The Morgan fingerprint density at radius 3 is 2.19 bits per heavy atom. The number of rotatable bonds is 7. The predicted molar refractivity (Wildman–Crippen MR) is 60.5 cm³/mol. The van der Waals surface area contributed by atoms with Gasteiger partial charge in [0, 0.05) is 6.04 Å². The molecule has 2 atom stereocenters. The molecule has 2 unspecified atom stereocenters. The standard InChI is InChI=1S/C11H23F3N2/c1-5-6-16(8-11(12,13)14)10(3)9(2)7-15-4/h9-10,15H,5-8H2,1-4H3. The van der Waals surface area contributed by atoms with Crippen LogP contribution < -0.4 is 5.32 Å². The normalized spacial score (nSPS) is 16.5. The van der Waals surface area contributed by atoms with Gasteiger partial charge in [-0.25, -0.2) is 0 Å². The van der Waals surface area contributed by atoms with Gasteiger partial charge in [0.25, 0.3) is 0 Å². The van der Waals surface area contributed by atoms with Gasteiger partial charge in [0.05, 0.1) is 6.54 Å². The molecule has 5 heteroatoms. The zero-order valence-electron chi connectivity index (χ0n) is 10.6. The van der Waals surface area contributed by atoms with E-state index in [2.05, 4.69) is 5.32 Å². The molecule has 0 aromatic carbocycles. The van der Waals surface area contributed by atoms with Crippen LogP contribution in [0.15, 0.2) is 0 Å². The molecule has 0 saturated carbocycles. The van der Waals surface area contributed by atoms with Crippen LogP contribution in [-0.4, -0.2) is 43.8 Å². The van der Waals surface area contributed by atoms with Crippen LogP contribution in [0.25, 0.3) is 0 Å². The Morgan fingerprint density at radius 2 is 1.81 bits per heavy atom. The van der Waals surface area contributed by atoms with Crippen molar-refractivity contribution in [2.45, 2.75) is 39.4 Å². The van der Waals surface area contributed by atoms with Crippen LogP contribution in [0.4, 0.5) is 13.2 Å². The van der Waals surface area contributed by atoms with Gasteiger partial charge in [-0.2, -0.15) is 13.2 Å². The SMILES string of the molecule is CCCN(CC(F)(F)F)C(C)C(C)CNC. The van der Waals surface area contributed by atoms with E-state index in [1.54, 1.807) is 0 Å². The maximum absolute atomic E-state index is 12.4. The summed E-state index contributed by atoms with van der Waals surface area (Å²) in [5.74, 6) is 0.207. The quantitative estimate of drug-likeness (QED) is 0.735. The van der Waals surface area contributed by atoms with Crippen molar-refractivity contribution < 1.29 is 13.2 Å². The van der Waals surface area contributed by atoms with Gasteiger partial charge in [-0.05, 0) is 39.4 Å². The van der Waals surface area contributed by atoms with Gasteiger partial charge in [-0.15, -0.1) is 0 Å². The highest BCUT2D eigenvalue weighted by atomic mass is 19.4. The lowest BCUT2D eigenvalue weighted by Crippen LogP contribution is -2.45.